The van der Waals surface area contributed by atoms with Crippen LogP contribution in [0, 0.1) is 0 Å². The summed E-state index contributed by atoms with van der Waals surface area (Å²) in [5, 5.41) is 4.22. The highest BCUT2D eigenvalue weighted by atomic mass is 16.1. The number of Topliss-reactive ketones (excluding diaryl/α,β-unsaturated/α-hetero) is 1. The topological polar surface area (TPSA) is 51.0 Å². The number of aryl methyl sites for hydroxylation is 1. The van der Waals surface area contributed by atoms with Crippen LogP contribution < -0.4 is 0 Å². The van der Waals surface area contributed by atoms with Crippen molar-refractivity contribution in [1.82, 2.24) is 19.7 Å². The molecule has 0 radical (unpaired) electrons. The molecule has 1 aromatic heterocycles. The van der Waals surface area contributed by atoms with E-state index in [1.54, 1.807) is 6.33 Å². The number of hydrogen-bond acceptors (Lipinski definition) is 4. The highest BCUT2D eigenvalue weighted by Crippen LogP contribution is 2.26. The number of ketones is 1. The summed E-state index contributed by atoms with van der Waals surface area (Å²) in [6.45, 7) is 13.2. The number of carbonyl (C=O) groups excluding carboxylic acids is 1. The fraction of sp³-hybridized carbons (Fsp3) is 0.812. The average Bonchev–Trinajstić information content (AvgIpc) is 2.92. The summed E-state index contributed by atoms with van der Waals surface area (Å²) in [5.41, 5.74) is -0.369. The summed E-state index contributed by atoms with van der Waals surface area (Å²) in [6, 6.07) is 0. The van der Waals surface area contributed by atoms with Crippen molar-refractivity contribution in [2.75, 3.05) is 13.1 Å². The first-order valence-electron chi connectivity index (χ1n) is 8.24. The Hall–Kier alpha value is -1.23. The second-order valence-electron chi connectivity index (χ2n) is 5.41. The summed E-state index contributed by atoms with van der Waals surface area (Å²) in [6.07, 6.45) is 4.60. The Bertz CT molecular complexity index is 433. The van der Waals surface area contributed by atoms with Gasteiger partial charge in [0.2, 0.25) is 0 Å². The standard InChI is InChI=1S/C16H30N4O/c1-6-11-20-15(17-13-18-20)12-14(21)16(7-2,8-3)19(9-4)10-5/h13H,6-12H2,1-5H3. The molecule has 0 unspecified atom stereocenters. The van der Waals surface area contributed by atoms with Crippen LogP contribution >= 0.6 is 0 Å². The molecule has 0 aromatic carbocycles. The van der Waals surface area contributed by atoms with Gasteiger partial charge in [-0.05, 0) is 32.4 Å². The molecule has 0 N–H and O–H groups in total. The number of likely N-dealkylation sites (N-methyl/N-ethyl adjacent to an activating group) is 1. The van der Waals surface area contributed by atoms with Gasteiger partial charge in [0.15, 0.2) is 5.78 Å². The lowest BCUT2D eigenvalue weighted by molar-refractivity contribution is -0.131. The van der Waals surface area contributed by atoms with Gasteiger partial charge in [0.1, 0.15) is 12.2 Å². The van der Waals surface area contributed by atoms with Gasteiger partial charge in [-0.1, -0.05) is 34.6 Å². The van der Waals surface area contributed by atoms with Gasteiger partial charge in [-0.3, -0.25) is 9.69 Å². The van der Waals surface area contributed by atoms with Crippen molar-refractivity contribution in [1.29, 1.82) is 0 Å². The molecule has 1 aromatic rings. The van der Waals surface area contributed by atoms with Crippen LogP contribution in [0.1, 0.15) is 59.7 Å². The van der Waals surface area contributed by atoms with E-state index in [0.29, 0.717) is 6.42 Å². The van der Waals surface area contributed by atoms with Crippen molar-refractivity contribution in [2.24, 2.45) is 0 Å². The predicted octanol–water partition coefficient (Wildman–Crippen LogP) is 2.70. The van der Waals surface area contributed by atoms with Gasteiger partial charge >= 0.3 is 0 Å². The predicted molar refractivity (Wildman–Crippen MR) is 85.3 cm³/mol. The first kappa shape index (κ1) is 17.8. The zero-order valence-corrected chi connectivity index (χ0v) is 14.2. The Kier molecular flexibility index (Phi) is 7.02. The van der Waals surface area contributed by atoms with E-state index < -0.39 is 0 Å². The highest BCUT2D eigenvalue weighted by molar-refractivity contribution is 5.89. The largest absolute Gasteiger partial charge is 0.297 e. The second-order valence-corrected chi connectivity index (χ2v) is 5.41. The molecule has 0 saturated carbocycles. The molecule has 5 nitrogen and oxygen atoms in total. The van der Waals surface area contributed by atoms with Crippen LogP contribution in [0.25, 0.3) is 0 Å². The first-order valence-corrected chi connectivity index (χ1v) is 8.24. The van der Waals surface area contributed by atoms with Gasteiger partial charge in [0, 0.05) is 6.54 Å². The van der Waals surface area contributed by atoms with Crippen molar-refractivity contribution in [2.45, 2.75) is 72.4 Å². The quantitative estimate of drug-likeness (QED) is 0.666. The molecule has 1 rings (SSSR count). The van der Waals surface area contributed by atoms with Crippen LogP contribution in [-0.4, -0.2) is 44.1 Å². The number of hydrogen-bond donors (Lipinski definition) is 0. The average molecular weight is 294 g/mol. The van der Waals surface area contributed by atoms with Gasteiger partial charge < -0.3 is 0 Å². The molecular formula is C16H30N4O. The van der Waals surface area contributed by atoms with Gasteiger partial charge in [-0.15, -0.1) is 0 Å². The summed E-state index contributed by atoms with van der Waals surface area (Å²) in [4.78, 5) is 19.6. The minimum absolute atomic E-state index is 0.265. The third kappa shape index (κ3) is 3.70. The summed E-state index contributed by atoms with van der Waals surface area (Å²) >= 11 is 0. The van der Waals surface area contributed by atoms with Gasteiger partial charge in [0.05, 0.1) is 12.0 Å². The Morgan fingerprint density at radius 1 is 1.19 bits per heavy atom. The fourth-order valence-electron chi connectivity index (χ4n) is 3.23. The van der Waals surface area contributed by atoms with E-state index in [-0.39, 0.29) is 11.3 Å². The lowest BCUT2D eigenvalue weighted by Gasteiger charge is -2.41. The Morgan fingerprint density at radius 3 is 2.29 bits per heavy atom. The summed E-state index contributed by atoms with van der Waals surface area (Å²) in [5.74, 6) is 1.06. The van der Waals surface area contributed by atoms with E-state index in [0.717, 1.165) is 44.7 Å². The van der Waals surface area contributed by atoms with Crippen LogP contribution in [0.15, 0.2) is 6.33 Å². The highest BCUT2D eigenvalue weighted by Gasteiger charge is 2.39. The zero-order chi connectivity index (χ0) is 15.9. The van der Waals surface area contributed by atoms with Gasteiger partial charge in [0.25, 0.3) is 0 Å². The summed E-state index contributed by atoms with van der Waals surface area (Å²) < 4.78 is 1.86. The third-order valence-electron chi connectivity index (χ3n) is 4.51. The molecule has 0 fully saturated rings. The molecule has 0 saturated heterocycles. The first-order chi connectivity index (χ1) is 10.1. The van der Waals surface area contributed by atoms with E-state index >= 15 is 0 Å². The number of rotatable bonds is 10. The molecule has 0 atom stereocenters. The third-order valence-corrected chi connectivity index (χ3v) is 4.51. The van der Waals surface area contributed by atoms with Crippen molar-refractivity contribution >= 4 is 5.78 Å². The van der Waals surface area contributed by atoms with E-state index in [1.165, 1.54) is 0 Å². The van der Waals surface area contributed by atoms with Crippen LogP contribution in [0.3, 0.4) is 0 Å². The molecule has 120 valence electrons. The van der Waals surface area contributed by atoms with Gasteiger partial charge in [-0.2, -0.15) is 5.10 Å². The molecule has 0 amide bonds. The Morgan fingerprint density at radius 2 is 1.81 bits per heavy atom. The maximum atomic E-state index is 13.0. The lowest BCUT2D eigenvalue weighted by atomic mass is 9.84. The summed E-state index contributed by atoms with van der Waals surface area (Å²) in [7, 11) is 0. The Balaban J connectivity index is 2.98. The molecule has 5 heteroatoms. The van der Waals surface area contributed by atoms with Crippen molar-refractivity contribution in [3.63, 3.8) is 0 Å². The van der Waals surface area contributed by atoms with Crippen LogP contribution in [0.2, 0.25) is 0 Å². The fourth-order valence-corrected chi connectivity index (χ4v) is 3.23. The smallest absolute Gasteiger partial charge is 0.160 e. The minimum Gasteiger partial charge on any atom is -0.297 e. The molecule has 1 heterocycles. The monoisotopic (exact) mass is 294 g/mol. The SMILES string of the molecule is CCCn1ncnc1CC(=O)C(CC)(CC)N(CC)CC. The molecule has 21 heavy (non-hydrogen) atoms. The number of aromatic nitrogens is 3. The van der Waals surface area contributed by atoms with Crippen molar-refractivity contribution in [3.8, 4) is 0 Å². The molecule has 0 aliphatic heterocycles. The van der Waals surface area contributed by atoms with E-state index in [2.05, 4.69) is 49.6 Å². The van der Waals surface area contributed by atoms with Crippen molar-refractivity contribution in [3.05, 3.63) is 12.2 Å². The molecule has 0 aliphatic carbocycles. The number of nitrogens with zero attached hydrogens (tertiary/aromatic N) is 4. The van der Waals surface area contributed by atoms with E-state index in [1.807, 2.05) is 4.68 Å². The molecular weight excluding hydrogens is 264 g/mol. The second kappa shape index (κ2) is 8.27. The molecule has 0 spiro atoms. The zero-order valence-electron chi connectivity index (χ0n) is 14.2. The van der Waals surface area contributed by atoms with Crippen molar-refractivity contribution < 1.29 is 4.79 Å². The van der Waals surface area contributed by atoms with Crippen LogP contribution in [0.4, 0.5) is 0 Å². The lowest BCUT2D eigenvalue weighted by Crippen LogP contribution is -2.54. The number of carbonyl (C=O) groups is 1. The maximum Gasteiger partial charge on any atom is 0.160 e. The maximum absolute atomic E-state index is 13.0. The normalized spacial score (nSPS) is 12.1. The minimum atomic E-state index is -0.369. The van der Waals surface area contributed by atoms with E-state index in [9.17, 15) is 4.79 Å². The van der Waals surface area contributed by atoms with Crippen LogP contribution in [0.5, 0.6) is 0 Å². The molecule has 0 aliphatic rings. The van der Waals surface area contributed by atoms with Crippen LogP contribution in [-0.2, 0) is 17.8 Å². The Labute approximate surface area is 128 Å². The molecule has 0 bridgehead atoms. The van der Waals surface area contributed by atoms with Gasteiger partial charge in [-0.25, -0.2) is 9.67 Å². The van der Waals surface area contributed by atoms with E-state index in [4.69, 9.17) is 0 Å².